The molecule has 1 amide bonds. The highest BCUT2D eigenvalue weighted by Gasteiger charge is 2.43. The van der Waals surface area contributed by atoms with Crippen LogP contribution in [-0.4, -0.2) is 34.9 Å². The van der Waals surface area contributed by atoms with E-state index in [1.807, 2.05) is 18.3 Å². The van der Waals surface area contributed by atoms with Crippen LogP contribution < -0.4 is 5.32 Å². The molecular formula is C33H35N3O. The molecule has 5 atom stereocenters. The van der Waals surface area contributed by atoms with Crippen molar-refractivity contribution in [2.45, 2.75) is 44.7 Å². The highest BCUT2D eigenvalue weighted by atomic mass is 16.1. The zero-order chi connectivity index (χ0) is 25.2. The number of piperidine rings is 3. The lowest BCUT2D eigenvalue weighted by atomic mass is 9.72. The normalized spacial score (nSPS) is 23.6. The van der Waals surface area contributed by atoms with Crippen molar-refractivity contribution in [1.82, 2.24) is 15.2 Å². The van der Waals surface area contributed by atoms with E-state index in [9.17, 15) is 4.79 Å². The molecule has 3 aromatic carbocycles. The van der Waals surface area contributed by atoms with E-state index >= 15 is 0 Å². The monoisotopic (exact) mass is 489 g/mol. The maximum atomic E-state index is 13.5. The molecule has 4 nitrogen and oxygen atoms in total. The first-order valence-corrected chi connectivity index (χ1v) is 13.7. The molecule has 2 bridgehead atoms. The smallest absolute Gasteiger partial charge is 0.224 e. The Kier molecular flexibility index (Phi) is 6.75. The van der Waals surface area contributed by atoms with Gasteiger partial charge in [-0.2, -0.15) is 0 Å². The molecule has 4 aromatic rings. The van der Waals surface area contributed by atoms with Crippen molar-refractivity contribution in [3.05, 3.63) is 102 Å². The van der Waals surface area contributed by atoms with Gasteiger partial charge in [-0.05, 0) is 65.6 Å². The third kappa shape index (κ3) is 4.91. The Labute approximate surface area is 219 Å². The predicted molar refractivity (Wildman–Crippen MR) is 150 cm³/mol. The minimum atomic E-state index is -0.0513. The summed E-state index contributed by atoms with van der Waals surface area (Å²) in [4.78, 5) is 20.7. The number of hydrogen-bond acceptors (Lipinski definition) is 3. The maximum absolute atomic E-state index is 13.5. The third-order valence-electron chi connectivity index (χ3n) is 8.61. The second-order valence-electron chi connectivity index (χ2n) is 10.7. The van der Waals surface area contributed by atoms with Crippen LogP contribution in [-0.2, 0) is 11.2 Å². The van der Waals surface area contributed by atoms with Crippen LogP contribution in [0.3, 0.4) is 0 Å². The van der Waals surface area contributed by atoms with Gasteiger partial charge in [-0.1, -0.05) is 86.1 Å². The molecule has 1 aromatic heterocycles. The summed E-state index contributed by atoms with van der Waals surface area (Å²) in [6.45, 7) is 4.59. The van der Waals surface area contributed by atoms with Crippen LogP contribution in [0.5, 0.6) is 0 Å². The van der Waals surface area contributed by atoms with E-state index in [4.69, 9.17) is 0 Å². The van der Waals surface area contributed by atoms with Crippen molar-refractivity contribution in [2.24, 2.45) is 11.8 Å². The number of hydrogen-bond donors (Lipinski definition) is 1. The second kappa shape index (κ2) is 10.5. The standard InChI is InChI=1S/C33H35N3O/c1-2-24-22-36-19-17-27(24)21-31(36)33(29-16-18-34-30-11-7-6-10-28(29)30)35-32(37)20-23-12-14-26(15-13-23)25-8-4-3-5-9-25/h3-16,18,24,27,31,33H,2,17,19-22H2,1H3,(H,35,37)/t24-,27-,31+,33+/m0/s1. The molecule has 3 fully saturated rings. The molecule has 0 spiro atoms. The quantitative estimate of drug-likeness (QED) is 0.326. The van der Waals surface area contributed by atoms with Gasteiger partial charge >= 0.3 is 0 Å². The molecule has 1 N–H and O–H groups in total. The van der Waals surface area contributed by atoms with E-state index in [1.54, 1.807) is 0 Å². The number of aromatic nitrogens is 1. The van der Waals surface area contributed by atoms with Crippen molar-refractivity contribution in [2.75, 3.05) is 13.1 Å². The van der Waals surface area contributed by atoms with E-state index in [1.165, 1.54) is 29.5 Å². The Balaban J connectivity index is 1.26. The van der Waals surface area contributed by atoms with Crippen molar-refractivity contribution >= 4 is 16.8 Å². The number of pyridine rings is 1. The molecule has 0 aliphatic carbocycles. The van der Waals surface area contributed by atoms with Gasteiger partial charge in [0.25, 0.3) is 0 Å². The average Bonchev–Trinajstić information content (AvgIpc) is 2.96. The molecule has 3 aliphatic heterocycles. The summed E-state index contributed by atoms with van der Waals surface area (Å²) in [5, 5.41) is 4.64. The van der Waals surface area contributed by atoms with E-state index in [-0.39, 0.29) is 11.9 Å². The highest BCUT2D eigenvalue weighted by molar-refractivity contribution is 5.84. The molecule has 37 heavy (non-hydrogen) atoms. The van der Waals surface area contributed by atoms with Gasteiger partial charge in [0.05, 0.1) is 18.0 Å². The zero-order valence-corrected chi connectivity index (χ0v) is 21.5. The van der Waals surface area contributed by atoms with Crippen LogP contribution in [0.15, 0.2) is 91.1 Å². The molecule has 4 heteroatoms. The zero-order valence-electron chi connectivity index (χ0n) is 21.5. The minimum Gasteiger partial charge on any atom is -0.347 e. The van der Waals surface area contributed by atoms with Gasteiger partial charge in [-0.25, -0.2) is 0 Å². The SMILES string of the molecule is CC[C@H]1CN2CC[C@H]1C[C@@H]2[C@H](NC(=O)Cc1ccc(-c2ccccc2)cc1)c1ccnc2ccccc12. The number of benzene rings is 3. The topological polar surface area (TPSA) is 45.2 Å². The average molecular weight is 490 g/mol. The van der Waals surface area contributed by atoms with Crippen molar-refractivity contribution in [3.8, 4) is 11.1 Å². The Hall–Kier alpha value is -3.50. The summed E-state index contributed by atoms with van der Waals surface area (Å²) in [5.74, 6) is 1.60. The summed E-state index contributed by atoms with van der Waals surface area (Å²) in [7, 11) is 0. The lowest BCUT2D eigenvalue weighted by molar-refractivity contribution is -0.122. The summed E-state index contributed by atoms with van der Waals surface area (Å²) in [6, 6.07) is 29.4. The Morgan fingerprint density at radius 2 is 1.73 bits per heavy atom. The predicted octanol–water partition coefficient (Wildman–Crippen LogP) is 6.42. The van der Waals surface area contributed by atoms with Gasteiger partial charge in [0.2, 0.25) is 5.91 Å². The van der Waals surface area contributed by atoms with E-state index in [0.717, 1.165) is 47.8 Å². The Morgan fingerprint density at radius 1 is 0.973 bits per heavy atom. The summed E-state index contributed by atoms with van der Waals surface area (Å²) in [6.07, 6.45) is 5.93. The first kappa shape index (κ1) is 23.9. The Bertz CT molecular complexity index is 1360. The van der Waals surface area contributed by atoms with Gasteiger partial charge in [-0.15, -0.1) is 0 Å². The van der Waals surface area contributed by atoms with E-state index < -0.39 is 0 Å². The second-order valence-corrected chi connectivity index (χ2v) is 10.7. The maximum Gasteiger partial charge on any atom is 0.224 e. The van der Waals surface area contributed by atoms with Gasteiger partial charge in [0.15, 0.2) is 0 Å². The number of nitrogens with zero attached hydrogens (tertiary/aromatic N) is 2. The molecule has 0 radical (unpaired) electrons. The molecule has 188 valence electrons. The van der Waals surface area contributed by atoms with Crippen LogP contribution in [0, 0.1) is 11.8 Å². The number of nitrogens with one attached hydrogen (secondary N) is 1. The van der Waals surface area contributed by atoms with Crippen LogP contribution in [0.2, 0.25) is 0 Å². The summed E-state index contributed by atoms with van der Waals surface area (Å²) in [5.41, 5.74) is 5.56. The molecule has 4 heterocycles. The van der Waals surface area contributed by atoms with Gasteiger partial charge < -0.3 is 5.32 Å². The number of fused-ring (bicyclic) bond motifs is 4. The van der Waals surface area contributed by atoms with Crippen LogP contribution >= 0.6 is 0 Å². The number of carbonyl (C=O) groups excluding carboxylic acids is 1. The minimum absolute atomic E-state index is 0.0513. The molecule has 7 rings (SSSR count). The van der Waals surface area contributed by atoms with Crippen molar-refractivity contribution in [3.63, 3.8) is 0 Å². The molecular weight excluding hydrogens is 454 g/mol. The molecule has 3 saturated heterocycles. The van der Waals surface area contributed by atoms with Crippen LogP contribution in [0.25, 0.3) is 22.0 Å². The number of carbonyl (C=O) groups is 1. The van der Waals surface area contributed by atoms with Crippen LogP contribution in [0.1, 0.15) is 43.4 Å². The van der Waals surface area contributed by atoms with Crippen molar-refractivity contribution < 1.29 is 4.79 Å². The molecule has 1 unspecified atom stereocenters. The van der Waals surface area contributed by atoms with E-state index in [2.05, 4.69) is 94.9 Å². The fraction of sp³-hybridized carbons (Fsp3) is 0.333. The van der Waals surface area contributed by atoms with Gasteiger partial charge in [0.1, 0.15) is 0 Å². The lowest BCUT2D eigenvalue weighted by Crippen LogP contribution is -2.57. The first-order valence-electron chi connectivity index (χ1n) is 13.7. The largest absolute Gasteiger partial charge is 0.347 e. The number of rotatable bonds is 7. The fourth-order valence-corrected chi connectivity index (χ4v) is 6.61. The summed E-state index contributed by atoms with van der Waals surface area (Å²) < 4.78 is 0. The third-order valence-corrected chi connectivity index (χ3v) is 8.61. The van der Waals surface area contributed by atoms with Crippen LogP contribution in [0.4, 0.5) is 0 Å². The number of amides is 1. The summed E-state index contributed by atoms with van der Waals surface area (Å²) >= 11 is 0. The number of para-hydroxylation sites is 1. The van der Waals surface area contributed by atoms with Gasteiger partial charge in [-0.3, -0.25) is 14.7 Å². The Morgan fingerprint density at radius 3 is 2.49 bits per heavy atom. The molecule has 0 saturated carbocycles. The van der Waals surface area contributed by atoms with Gasteiger partial charge in [0, 0.05) is 24.2 Å². The fourth-order valence-electron chi connectivity index (χ4n) is 6.61. The first-order chi connectivity index (χ1) is 18.2. The highest BCUT2D eigenvalue weighted by Crippen LogP contribution is 2.42. The van der Waals surface area contributed by atoms with E-state index in [0.29, 0.717) is 12.5 Å². The van der Waals surface area contributed by atoms with Crippen molar-refractivity contribution in [1.29, 1.82) is 0 Å². The molecule has 3 aliphatic rings. The lowest BCUT2D eigenvalue weighted by Gasteiger charge is -2.52.